The molecule has 0 fully saturated rings. The van der Waals surface area contributed by atoms with Crippen LogP contribution in [0, 0.1) is 6.92 Å². The van der Waals surface area contributed by atoms with Crippen molar-refractivity contribution >= 4 is 17.1 Å². The Kier molecular flexibility index (Phi) is 3.63. The lowest BCUT2D eigenvalue weighted by Gasteiger charge is -2.04. The summed E-state index contributed by atoms with van der Waals surface area (Å²) in [7, 11) is 0. The summed E-state index contributed by atoms with van der Waals surface area (Å²) in [4.78, 5) is 4.57. The number of nitrogens with zero attached hydrogens (tertiary/aromatic N) is 5. The number of fused-ring (bicyclic) bond motifs is 1. The van der Waals surface area contributed by atoms with Crippen molar-refractivity contribution < 1.29 is 0 Å². The maximum Gasteiger partial charge on any atom is 0.243 e. The van der Waals surface area contributed by atoms with Crippen LogP contribution in [-0.2, 0) is 6.54 Å². The first kappa shape index (κ1) is 14.3. The largest absolute Gasteiger partial charge is 0.349 e. The molecule has 0 amide bonds. The second kappa shape index (κ2) is 6.08. The van der Waals surface area contributed by atoms with Gasteiger partial charge in [-0.1, -0.05) is 48.5 Å². The third-order valence-electron chi connectivity index (χ3n) is 3.76. The minimum absolute atomic E-state index is 0.502. The van der Waals surface area contributed by atoms with Crippen molar-refractivity contribution in [2.75, 3.05) is 5.32 Å². The van der Waals surface area contributed by atoms with Gasteiger partial charge in [-0.3, -0.25) is 0 Å². The predicted octanol–water partition coefficient (Wildman–Crippen LogP) is 3.13. The SMILES string of the molecule is Cc1nn(-c2ccccc2)c2nnc(NCc3ccccc3)nc12. The Morgan fingerprint density at radius 2 is 1.62 bits per heavy atom. The number of anilines is 1. The Balaban J connectivity index is 1.65. The van der Waals surface area contributed by atoms with Gasteiger partial charge in [-0.25, -0.2) is 9.67 Å². The van der Waals surface area contributed by atoms with E-state index < -0.39 is 0 Å². The summed E-state index contributed by atoms with van der Waals surface area (Å²) in [5.74, 6) is 0.502. The molecule has 4 aromatic rings. The van der Waals surface area contributed by atoms with E-state index in [0.29, 0.717) is 18.1 Å². The van der Waals surface area contributed by atoms with Crippen LogP contribution in [0.2, 0.25) is 0 Å². The van der Waals surface area contributed by atoms with Crippen LogP contribution in [-0.4, -0.2) is 25.0 Å². The molecule has 6 nitrogen and oxygen atoms in total. The van der Waals surface area contributed by atoms with Gasteiger partial charge in [0.2, 0.25) is 11.6 Å². The second-order valence-corrected chi connectivity index (χ2v) is 5.48. The van der Waals surface area contributed by atoms with Crippen molar-refractivity contribution in [2.45, 2.75) is 13.5 Å². The van der Waals surface area contributed by atoms with Gasteiger partial charge in [0.25, 0.3) is 0 Å². The molecule has 118 valence electrons. The fourth-order valence-electron chi connectivity index (χ4n) is 2.55. The molecular formula is C18H16N6. The van der Waals surface area contributed by atoms with Gasteiger partial charge in [0.05, 0.1) is 11.4 Å². The normalized spacial score (nSPS) is 10.9. The van der Waals surface area contributed by atoms with Crippen LogP contribution in [0.4, 0.5) is 5.95 Å². The van der Waals surface area contributed by atoms with Crippen molar-refractivity contribution in [1.29, 1.82) is 0 Å². The maximum atomic E-state index is 4.57. The molecule has 0 bridgehead atoms. The highest BCUT2D eigenvalue weighted by Crippen LogP contribution is 2.18. The monoisotopic (exact) mass is 316 g/mol. The number of nitrogens with one attached hydrogen (secondary N) is 1. The second-order valence-electron chi connectivity index (χ2n) is 5.48. The number of aromatic nitrogens is 5. The average molecular weight is 316 g/mol. The summed E-state index contributed by atoms with van der Waals surface area (Å²) in [6, 6.07) is 20.0. The maximum absolute atomic E-state index is 4.57. The van der Waals surface area contributed by atoms with E-state index in [0.717, 1.165) is 22.5 Å². The molecule has 4 rings (SSSR count). The number of aryl methyl sites for hydroxylation is 1. The Labute approximate surface area is 139 Å². The first-order valence-electron chi connectivity index (χ1n) is 7.74. The number of benzene rings is 2. The molecule has 0 aliphatic rings. The molecule has 0 aliphatic carbocycles. The topological polar surface area (TPSA) is 68.5 Å². The third-order valence-corrected chi connectivity index (χ3v) is 3.76. The van der Waals surface area contributed by atoms with E-state index >= 15 is 0 Å². The molecule has 0 unspecified atom stereocenters. The molecule has 0 radical (unpaired) electrons. The van der Waals surface area contributed by atoms with Gasteiger partial charge in [-0.05, 0) is 24.6 Å². The van der Waals surface area contributed by atoms with Crippen molar-refractivity contribution in [3.05, 3.63) is 71.9 Å². The highest BCUT2D eigenvalue weighted by atomic mass is 15.4. The lowest BCUT2D eigenvalue weighted by atomic mass is 10.2. The molecule has 2 aromatic carbocycles. The van der Waals surface area contributed by atoms with Gasteiger partial charge >= 0.3 is 0 Å². The molecule has 0 saturated carbocycles. The standard InChI is InChI=1S/C18H16N6/c1-13-16-17(24(23-13)15-10-6-3-7-11-15)21-22-18(20-16)19-12-14-8-4-2-5-9-14/h2-11H,12H2,1H3,(H,19,20,22). The quantitative estimate of drug-likeness (QED) is 0.626. The van der Waals surface area contributed by atoms with Crippen molar-refractivity contribution in [1.82, 2.24) is 25.0 Å². The van der Waals surface area contributed by atoms with Crippen LogP contribution in [0.3, 0.4) is 0 Å². The van der Waals surface area contributed by atoms with Gasteiger partial charge < -0.3 is 5.32 Å². The Morgan fingerprint density at radius 3 is 2.38 bits per heavy atom. The fourth-order valence-corrected chi connectivity index (χ4v) is 2.55. The molecule has 0 spiro atoms. The van der Waals surface area contributed by atoms with E-state index in [-0.39, 0.29) is 0 Å². The fraction of sp³-hybridized carbons (Fsp3) is 0.111. The number of rotatable bonds is 4. The summed E-state index contributed by atoms with van der Waals surface area (Å²) in [6.45, 7) is 2.58. The van der Waals surface area contributed by atoms with Crippen LogP contribution in [0.1, 0.15) is 11.3 Å². The zero-order valence-electron chi connectivity index (χ0n) is 13.2. The smallest absolute Gasteiger partial charge is 0.243 e. The van der Waals surface area contributed by atoms with Crippen molar-refractivity contribution in [3.63, 3.8) is 0 Å². The van der Waals surface area contributed by atoms with Crippen molar-refractivity contribution in [2.24, 2.45) is 0 Å². The van der Waals surface area contributed by atoms with Crippen LogP contribution < -0.4 is 5.32 Å². The van der Waals surface area contributed by atoms with E-state index in [1.54, 1.807) is 4.68 Å². The van der Waals surface area contributed by atoms with E-state index in [9.17, 15) is 0 Å². The summed E-state index contributed by atoms with van der Waals surface area (Å²) in [5.41, 5.74) is 4.34. The lowest BCUT2D eigenvalue weighted by molar-refractivity contribution is 0.861. The molecule has 0 atom stereocenters. The van der Waals surface area contributed by atoms with Crippen LogP contribution in [0.5, 0.6) is 0 Å². The minimum Gasteiger partial charge on any atom is -0.349 e. The molecule has 24 heavy (non-hydrogen) atoms. The molecule has 6 heteroatoms. The van der Waals surface area contributed by atoms with E-state index in [1.807, 2.05) is 55.5 Å². The van der Waals surface area contributed by atoms with Crippen LogP contribution in [0.25, 0.3) is 16.9 Å². The minimum atomic E-state index is 0.502. The van der Waals surface area contributed by atoms with E-state index in [1.165, 1.54) is 0 Å². The molecule has 2 aromatic heterocycles. The Hall–Kier alpha value is -3.28. The van der Waals surface area contributed by atoms with E-state index in [2.05, 4.69) is 37.7 Å². The van der Waals surface area contributed by atoms with Gasteiger partial charge in [0, 0.05) is 6.54 Å². The molecule has 2 heterocycles. The number of para-hydroxylation sites is 1. The van der Waals surface area contributed by atoms with Gasteiger partial charge in [-0.15, -0.1) is 10.2 Å². The summed E-state index contributed by atoms with van der Waals surface area (Å²) in [6.07, 6.45) is 0. The van der Waals surface area contributed by atoms with Gasteiger partial charge in [0.1, 0.15) is 5.52 Å². The lowest BCUT2D eigenvalue weighted by Crippen LogP contribution is -2.05. The third kappa shape index (κ3) is 2.69. The zero-order chi connectivity index (χ0) is 16.4. The average Bonchev–Trinajstić information content (AvgIpc) is 2.98. The first-order valence-corrected chi connectivity index (χ1v) is 7.74. The van der Waals surface area contributed by atoms with Crippen molar-refractivity contribution in [3.8, 4) is 5.69 Å². The Bertz CT molecular complexity index is 963. The molecule has 0 saturated heterocycles. The van der Waals surface area contributed by atoms with E-state index in [4.69, 9.17) is 0 Å². The number of hydrogen-bond acceptors (Lipinski definition) is 5. The van der Waals surface area contributed by atoms with Gasteiger partial charge in [0.15, 0.2) is 0 Å². The summed E-state index contributed by atoms with van der Waals surface area (Å²) < 4.78 is 1.77. The Morgan fingerprint density at radius 1 is 0.917 bits per heavy atom. The zero-order valence-corrected chi connectivity index (χ0v) is 13.2. The van der Waals surface area contributed by atoms with Gasteiger partial charge in [-0.2, -0.15) is 5.10 Å². The highest BCUT2D eigenvalue weighted by molar-refractivity contribution is 5.75. The summed E-state index contributed by atoms with van der Waals surface area (Å²) in [5, 5.41) is 16.3. The molecular weight excluding hydrogens is 300 g/mol. The van der Waals surface area contributed by atoms with Crippen LogP contribution >= 0.6 is 0 Å². The highest BCUT2D eigenvalue weighted by Gasteiger charge is 2.13. The predicted molar refractivity (Wildman–Crippen MR) is 93.0 cm³/mol. The first-order chi connectivity index (χ1) is 11.8. The summed E-state index contributed by atoms with van der Waals surface area (Å²) >= 11 is 0. The molecule has 0 aliphatic heterocycles. The molecule has 1 N–H and O–H groups in total. The number of hydrogen-bond donors (Lipinski definition) is 1. The van der Waals surface area contributed by atoms with Crippen LogP contribution in [0.15, 0.2) is 60.7 Å².